The molecule has 1 aromatic carbocycles. The number of aromatic amines is 1. The number of aromatic nitrogens is 1. The topological polar surface area (TPSA) is 59.2 Å². The first-order valence-corrected chi connectivity index (χ1v) is 6.27. The van der Waals surface area contributed by atoms with Crippen LogP contribution in [0.3, 0.4) is 0 Å². The van der Waals surface area contributed by atoms with Gasteiger partial charge in [0.25, 0.3) is 0 Å². The van der Waals surface area contributed by atoms with E-state index < -0.39 is 5.97 Å². The number of ether oxygens (including phenoxy) is 1. The van der Waals surface area contributed by atoms with E-state index in [0.29, 0.717) is 21.5 Å². The minimum absolute atomic E-state index is 0.0961. The number of hydrogen-bond donors (Lipinski definition) is 1. The molecule has 1 aromatic heterocycles. The molecule has 4 nitrogen and oxygen atoms in total. The molecule has 0 fully saturated rings. The summed E-state index contributed by atoms with van der Waals surface area (Å²) in [7, 11) is 1.29. The van der Waals surface area contributed by atoms with Gasteiger partial charge in [-0.2, -0.15) is 0 Å². The fourth-order valence-electron chi connectivity index (χ4n) is 2.09. The van der Waals surface area contributed by atoms with Crippen LogP contribution >= 0.6 is 11.6 Å². The third-order valence-electron chi connectivity index (χ3n) is 2.97. The summed E-state index contributed by atoms with van der Waals surface area (Å²) >= 11 is 5.91. The van der Waals surface area contributed by atoms with Crippen LogP contribution in [0.25, 0.3) is 10.9 Å². The van der Waals surface area contributed by atoms with Crippen molar-refractivity contribution >= 4 is 28.5 Å². The van der Waals surface area contributed by atoms with Crippen molar-refractivity contribution in [3.8, 4) is 0 Å². The van der Waals surface area contributed by atoms with Crippen LogP contribution in [0.15, 0.2) is 23.0 Å². The number of halogens is 1. The molecule has 1 heterocycles. The number of H-pyrrole nitrogens is 1. The summed E-state index contributed by atoms with van der Waals surface area (Å²) in [5.41, 5.74) is 1.00. The highest BCUT2D eigenvalue weighted by molar-refractivity contribution is 6.31. The van der Waals surface area contributed by atoms with Crippen LogP contribution in [0.2, 0.25) is 5.02 Å². The zero-order valence-corrected chi connectivity index (χ0v) is 11.7. The van der Waals surface area contributed by atoms with Gasteiger partial charge in [0.05, 0.1) is 12.6 Å². The molecule has 0 atom stereocenters. The molecule has 0 saturated heterocycles. The first kappa shape index (κ1) is 13.6. The summed E-state index contributed by atoms with van der Waals surface area (Å²) < 4.78 is 4.72. The van der Waals surface area contributed by atoms with E-state index in [2.05, 4.69) is 4.98 Å². The predicted molar refractivity (Wildman–Crippen MR) is 75.0 cm³/mol. The van der Waals surface area contributed by atoms with E-state index in [9.17, 15) is 9.59 Å². The number of pyridine rings is 1. The highest BCUT2D eigenvalue weighted by Gasteiger charge is 2.20. The molecule has 0 aliphatic heterocycles. The van der Waals surface area contributed by atoms with Gasteiger partial charge in [0.2, 0.25) is 0 Å². The second-order valence-corrected chi connectivity index (χ2v) is 5.02. The molecule has 2 aromatic rings. The summed E-state index contributed by atoms with van der Waals surface area (Å²) in [5, 5.41) is 0.961. The number of benzene rings is 1. The van der Waals surface area contributed by atoms with Crippen molar-refractivity contribution in [2.45, 2.75) is 19.8 Å². The molecule has 100 valence electrons. The number of nitrogens with one attached hydrogen (secondary N) is 1. The van der Waals surface area contributed by atoms with E-state index in [1.807, 2.05) is 13.8 Å². The molecule has 0 spiro atoms. The average molecular weight is 280 g/mol. The lowest BCUT2D eigenvalue weighted by molar-refractivity contribution is 0.0592. The van der Waals surface area contributed by atoms with Gasteiger partial charge in [0.15, 0.2) is 5.43 Å². The fourth-order valence-corrected chi connectivity index (χ4v) is 2.26. The Kier molecular flexibility index (Phi) is 3.62. The van der Waals surface area contributed by atoms with E-state index in [4.69, 9.17) is 16.3 Å². The number of esters is 1. The zero-order valence-electron chi connectivity index (χ0n) is 10.9. The summed E-state index contributed by atoms with van der Waals surface area (Å²) in [6.45, 7) is 3.71. The number of rotatable bonds is 2. The Morgan fingerprint density at radius 3 is 2.63 bits per heavy atom. The van der Waals surface area contributed by atoms with E-state index in [0.717, 1.165) is 0 Å². The first-order valence-electron chi connectivity index (χ1n) is 5.89. The van der Waals surface area contributed by atoms with Crippen LogP contribution in [0.5, 0.6) is 0 Å². The molecule has 0 radical (unpaired) electrons. The normalized spacial score (nSPS) is 11.0. The molecule has 0 aliphatic carbocycles. The predicted octanol–water partition coefficient (Wildman–Crippen LogP) is 3.09. The Morgan fingerprint density at radius 1 is 1.37 bits per heavy atom. The van der Waals surface area contributed by atoms with Gasteiger partial charge in [-0.15, -0.1) is 0 Å². The number of carbonyl (C=O) groups excluding carboxylic acids is 1. The average Bonchev–Trinajstić information content (AvgIpc) is 2.37. The quantitative estimate of drug-likeness (QED) is 0.860. The molecule has 0 amide bonds. The molecule has 0 unspecified atom stereocenters. The van der Waals surface area contributed by atoms with E-state index in [-0.39, 0.29) is 17.0 Å². The minimum atomic E-state index is -0.544. The summed E-state index contributed by atoms with van der Waals surface area (Å²) in [4.78, 5) is 27.2. The number of methoxy groups -OCH3 is 1. The van der Waals surface area contributed by atoms with Gasteiger partial charge in [-0.1, -0.05) is 25.4 Å². The highest BCUT2D eigenvalue weighted by Crippen LogP contribution is 2.21. The maximum Gasteiger partial charge on any atom is 0.354 e. The third-order valence-corrected chi connectivity index (χ3v) is 3.20. The van der Waals surface area contributed by atoms with Gasteiger partial charge in [-0.3, -0.25) is 4.79 Å². The van der Waals surface area contributed by atoms with Crippen LogP contribution in [0, 0.1) is 0 Å². The van der Waals surface area contributed by atoms with Crippen LogP contribution in [0.1, 0.15) is 35.8 Å². The molecular formula is C14H14ClNO3. The van der Waals surface area contributed by atoms with Gasteiger partial charge in [0, 0.05) is 16.0 Å². The molecular weight excluding hydrogens is 266 g/mol. The van der Waals surface area contributed by atoms with Crippen molar-refractivity contribution in [1.82, 2.24) is 4.98 Å². The number of carbonyl (C=O) groups is 1. The van der Waals surface area contributed by atoms with Crippen LogP contribution in [-0.2, 0) is 4.74 Å². The SMILES string of the molecule is COC(=O)c1[nH]c2ccc(Cl)cc2c(=O)c1C(C)C. The Morgan fingerprint density at radius 2 is 2.05 bits per heavy atom. The largest absolute Gasteiger partial charge is 0.464 e. The fraction of sp³-hybridized carbons (Fsp3) is 0.286. The van der Waals surface area contributed by atoms with Gasteiger partial charge in [0.1, 0.15) is 5.69 Å². The van der Waals surface area contributed by atoms with Gasteiger partial charge >= 0.3 is 5.97 Å². The van der Waals surface area contributed by atoms with Crippen molar-refractivity contribution in [1.29, 1.82) is 0 Å². The Balaban J connectivity index is 2.89. The highest BCUT2D eigenvalue weighted by atomic mass is 35.5. The Hall–Kier alpha value is -1.81. The molecule has 0 aliphatic rings. The third kappa shape index (κ3) is 2.36. The van der Waals surface area contributed by atoms with Crippen molar-refractivity contribution in [3.63, 3.8) is 0 Å². The molecule has 1 N–H and O–H groups in total. The molecule has 2 rings (SSSR count). The molecule has 5 heteroatoms. The van der Waals surface area contributed by atoms with Crippen molar-refractivity contribution in [2.75, 3.05) is 7.11 Å². The van der Waals surface area contributed by atoms with E-state index >= 15 is 0 Å². The summed E-state index contributed by atoms with van der Waals surface area (Å²) in [6, 6.07) is 4.94. The van der Waals surface area contributed by atoms with Gasteiger partial charge < -0.3 is 9.72 Å². The smallest absolute Gasteiger partial charge is 0.354 e. The number of hydrogen-bond acceptors (Lipinski definition) is 3. The zero-order chi connectivity index (χ0) is 14.2. The van der Waals surface area contributed by atoms with E-state index in [1.54, 1.807) is 18.2 Å². The lowest BCUT2D eigenvalue weighted by Crippen LogP contribution is -2.20. The molecule has 0 saturated carbocycles. The minimum Gasteiger partial charge on any atom is -0.464 e. The van der Waals surface area contributed by atoms with Crippen LogP contribution in [0.4, 0.5) is 0 Å². The lowest BCUT2D eigenvalue weighted by Gasteiger charge is -2.12. The van der Waals surface area contributed by atoms with Gasteiger partial charge in [-0.05, 0) is 24.1 Å². The van der Waals surface area contributed by atoms with Crippen LogP contribution < -0.4 is 5.43 Å². The molecule has 19 heavy (non-hydrogen) atoms. The first-order chi connectivity index (χ1) is 8.95. The van der Waals surface area contributed by atoms with Crippen molar-refractivity contribution in [3.05, 3.63) is 44.7 Å². The van der Waals surface area contributed by atoms with Crippen molar-refractivity contribution < 1.29 is 9.53 Å². The van der Waals surface area contributed by atoms with Crippen LogP contribution in [-0.4, -0.2) is 18.1 Å². The van der Waals surface area contributed by atoms with Crippen molar-refractivity contribution in [2.24, 2.45) is 0 Å². The second-order valence-electron chi connectivity index (χ2n) is 4.58. The lowest BCUT2D eigenvalue weighted by atomic mass is 9.98. The summed E-state index contributed by atoms with van der Waals surface area (Å²) in [6.07, 6.45) is 0. The van der Waals surface area contributed by atoms with Gasteiger partial charge in [-0.25, -0.2) is 4.79 Å². The van der Waals surface area contributed by atoms with E-state index in [1.165, 1.54) is 7.11 Å². The monoisotopic (exact) mass is 279 g/mol. The second kappa shape index (κ2) is 5.05. The maximum atomic E-state index is 12.5. The Labute approximate surface area is 115 Å². The maximum absolute atomic E-state index is 12.5. The standard InChI is InChI=1S/C14H14ClNO3/c1-7(2)11-12(14(18)19-3)16-10-5-4-8(15)6-9(10)13(11)17/h4-7H,1-3H3,(H,16,17). The Bertz CT molecular complexity index is 704. The molecule has 0 bridgehead atoms. The summed E-state index contributed by atoms with van der Waals surface area (Å²) in [5.74, 6) is -0.640. The number of fused-ring (bicyclic) bond motifs is 1.